The number of rotatable bonds is 4. The Kier molecular flexibility index (Phi) is 4.96. The van der Waals surface area contributed by atoms with Crippen LogP contribution >= 0.6 is 0 Å². The molecule has 0 saturated heterocycles. The molecule has 126 valence electrons. The van der Waals surface area contributed by atoms with Crippen LogP contribution in [0.5, 0.6) is 0 Å². The molecule has 0 radical (unpaired) electrons. The van der Waals surface area contributed by atoms with Gasteiger partial charge in [0.15, 0.2) is 0 Å². The lowest BCUT2D eigenvalue weighted by Gasteiger charge is -2.34. The Bertz CT molecular complexity index is 712. The van der Waals surface area contributed by atoms with E-state index in [2.05, 4.69) is 33.7 Å². The van der Waals surface area contributed by atoms with Gasteiger partial charge < -0.3 is 15.1 Å². The zero-order valence-corrected chi connectivity index (χ0v) is 13.6. The van der Waals surface area contributed by atoms with Crippen molar-refractivity contribution >= 4 is 11.8 Å². The summed E-state index contributed by atoms with van der Waals surface area (Å²) >= 11 is 0. The van der Waals surface area contributed by atoms with E-state index < -0.39 is 11.8 Å². The molecule has 1 aliphatic heterocycles. The fourth-order valence-electron chi connectivity index (χ4n) is 3.06. The number of benzene rings is 1. The molecule has 24 heavy (non-hydrogen) atoms. The number of hydrogen-bond donors (Lipinski definition) is 2. The van der Waals surface area contributed by atoms with Crippen molar-refractivity contribution in [2.45, 2.75) is 19.0 Å². The molecule has 1 aromatic heterocycles. The van der Waals surface area contributed by atoms with Crippen molar-refractivity contribution in [1.82, 2.24) is 15.5 Å². The predicted octanol–water partition coefficient (Wildman–Crippen LogP) is 1.24. The quantitative estimate of drug-likeness (QED) is 0.829. The molecule has 6 heteroatoms. The maximum absolute atomic E-state index is 11.8. The Labute approximate surface area is 140 Å². The first-order valence-corrected chi connectivity index (χ1v) is 8.03. The molecule has 3 rings (SSSR count). The van der Waals surface area contributed by atoms with Crippen LogP contribution in [0, 0.1) is 0 Å². The third kappa shape index (κ3) is 3.49. The van der Waals surface area contributed by atoms with Crippen molar-refractivity contribution in [3.63, 3.8) is 0 Å². The number of furan rings is 1. The topological polar surface area (TPSA) is 74.6 Å². The molecule has 1 aliphatic rings. The molecule has 1 atom stereocenters. The van der Waals surface area contributed by atoms with Gasteiger partial charge >= 0.3 is 11.8 Å². The second-order valence-corrected chi connectivity index (χ2v) is 5.81. The van der Waals surface area contributed by atoms with Crippen molar-refractivity contribution in [1.29, 1.82) is 0 Å². The van der Waals surface area contributed by atoms with Crippen LogP contribution in [0.1, 0.15) is 22.9 Å². The lowest BCUT2D eigenvalue weighted by molar-refractivity contribution is -0.139. The summed E-state index contributed by atoms with van der Waals surface area (Å²) < 4.78 is 5.56. The number of fused-ring (bicyclic) bond motifs is 1. The van der Waals surface area contributed by atoms with Crippen LogP contribution in [0.15, 0.2) is 47.1 Å². The zero-order valence-electron chi connectivity index (χ0n) is 13.6. The van der Waals surface area contributed by atoms with Gasteiger partial charge in [-0.3, -0.25) is 14.5 Å². The molecule has 1 aromatic carbocycles. The first kappa shape index (κ1) is 16.3. The Balaban J connectivity index is 1.74. The highest BCUT2D eigenvalue weighted by Crippen LogP contribution is 2.27. The maximum atomic E-state index is 11.8. The summed E-state index contributed by atoms with van der Waals surface area (Å²) in [6, 6.07) is 12.0. The molecular formula is C18H21N3O3. The number of nitrogens with zero attached hydrogens (tertiary/aromatic N) is 1. The predicted molar refractivity (Wildman–Crippen MR) is 89.1 cm³/mol. The Morgan fingerprint density at radius 3 is 2.67 bits per heavy atom. The summed E-state index contributed by atoms with van der Waals surface area (Å²) in [4.78, 5) is 25.4. The lowest BCUT2D eigenvalue weighted by atomic mass is 9.98. The Morgan fingerprint density at radius 1 is 1.17 bits per heavy atom. The van der Waals surface area contributed by atoms with E-state index in [1.54, 1.807) is 6.26 Å². The first-order valence-electron chi connectivity index (χ1n) is 8.03. The van der Waals surface area contributed by atoms with Gasteiger partial charge in [-0.05, 0) is 29.7 Å². The molecule has 1 unspecified atom stereocenters. The molecular weight excluding hydrogens is 306 g/mol. The van der Waals surface area contributed by atoms with E-state index in [1.807, 2.05) is 18.2 Å². The normalized spacial score (nSPS) is 15.4. The van der Waals surface area contributed by atoms with E-state index in [0.29, 0.717) is 6.54 Å². The molecule has 2 heterocycles. The molecule has 6 nitrogen and oxygen atoms in total. The summed E-state index contributed by atoms with van der Waals surface area (Å²) in [6.45, 7) is 1.98. The standard InChI is InChI=1S/C18H21N3O3/c1-19-17(22)18(23)20-11-15(16-7-4-10-24-16)21-9-8-13-5-2-3-6-14(13)12-21/h2-7,10,15H,8-9,11-12H2,1H3,(H,19,22)(H,20,23). The fraction of sp³-hybridized carbons (Fsp3) is 0.333. The van der Waals surface area contributed by atoms with Gasteiger partial charge in [0.1, 0.15) is 5.76 Å². The van der Waals surface area contributed by atoms with Gasteiger partial charge in [-0.2, -0.15) is 0 Å². The second kappa shape index (κ2) is 7.31. The molecule has 0 bridgehead atoms. The SMILES string of the molecule is CNC(=O)C(=O)NCC(c1ccco1)N1CCc2ccccc2C1. The Morgan fingerprint density at radius 2 is 1.96 bits per heavy atom. The van der Waals surface area contributed by atoms with E-state index in [0.717, 1.165) is 25.3 Å². The van der Waals surface area contributed by atoms with E-state index in [4.69, 9.17) is 4.42 Å². The van der Waals surface area contributed by atoms with E-state index in [-0.39, 0.29) is 6.04 Å². The van der Waals surface area contributed by atoms with E-state index >= 15 is 0 Å². The minimum absolute atomic E-state index is 0.109. The summed E-state index contributed by atoms with van der Waals surface area (Å²) in [6.07, 6.45) is 2.58. The highest BCUT2D eigenvalue weighted by atomic mass is 16.3. The zero-order chi connectivity index (χ0) is 16.9. The number of carbonyl (C=O) groups excluding carboxylic acids is 2. The molecule has 2 amide bonds. The molecule has 2 N–H and O–H groups in total. The van der Waals surface area contributed by atoms with Gasteiger partial charge in [0, 0.05) is 26.7 Å². The van der Waals surface area contributed by atoms with Gasteiger partial charge in [-0.25, -0.2) is 0 Å². The largest absolute Gasteiger partial charge is 0.468 e. The van der Waals surface area contributed by atoms with Crippen molar-refractivity contribution < 1.29 is 14.0 Å². The van der Waals surface area contributed by atoms with Crippen LogP contribution < -0.4 is 10.6 Å². The average Bonchev–Trinajstić information content (AvgIpc) is 3.15. The fourth-order valence-corrected chi connectivity index (χ4v) is 3.06. The first-order chi connectivity index (χ1) is 11.7. The Hall–Kier alpha value is -2.60. The van der Waals surface area contributed by atoms with Crippen LogP contribution in [0.3, 0.4) is 0 Å². The number of carbonyl (C=O) groups is 2. The highest BCUT2D eigenvalue weighted by Gasteiger charge is 2.27. The third-order valence-electron chi connectivity index (χ3n) is 4.36. The van der Waals surface area contributed by atoms with E-state index in [1.165, 1.54) is 18.2 Å². The summed E-state index contributed by atoms with van der Waals surface area (Å²) in [5, 5.41) is 5.02. The van der Waals surface area contributed by atoms with Crippen LogP contribution in [0.2, 0.25) is 0 Å². The van der Waals surface area contributed by atoms with Gasteiger partial charge in [-0.1, -0.05) is 24.3 Å². The van der Waals surface area contributed by atoms with Crippen LogP contribution in [0.25, 0.3) is 0 Å². The average molecular weight is 327 g/mol. The molecule has 0 saturated carbocycles. The highest BCUT2D eigenvalue weighted by molar-refractivity contribution is 6.35. The minimum atomic E-state index is -0.641. The van der Waals surface area contributed by atoms with Gasteiger partial charge in [0.2, 0.25) is 0 Å². The molecule has 0 fully saturated rings. The minimum Gasteiger partial charge on any atom is -0.468 e. The number of amides is 2. The number of nitrogens with one attached hydrogen (secondary N) is 2. The van der Waals surface area contributed by atoms with Gasteiger partial charge in [0.25, 0.3) is 0 Å². The van der Waals surface area contributed by atoms with Crippen LogP contribution in [-0.2, 0) is 22.6 Å². The summed E-state index contributed by atoms with van der Waals surface area (Å²) in [7, 11) is 1.44. The maximum Gasteiger partial charge on any atom is 0.309 e. The summed E-state index contributed by atoms with van der Waals surface area (Å²) in [5.74, 6) is -0.491. The van der Waals surface area contributed by atoms with E-state index in [9.17, 15) is 9.59 Å². The number of hydrogen-bond acceptors (Lipinski definition) is 4. The monoisotopic (exact) mass is 327 g/mol. The summed E-state index contributed by atoms with van der Waals surface area (Å²) in [5.41, 5.74) is 2.65. The molecule has 0 spiro atoms. The molecule has 2 aromatic rings. The smallest absolute Gasteiger partial charge is 0.309 e. The van der Waals surface area contributed by atoms with Crippen molar-refractivity contribution in [3.8, 4) is 0 Å². The molecule has 0 aliphatic carbocycles. The van der Waals surface area contributed by atoms with Crippen molar-refractivity contribution in [2.24, 2.45) is 0 Å². The van der Waals surface area contributed by atoms with Crippen molar-refractivity contribution in [2.75, 3.05) is 20.1 Å². The third-order valence-corrected chi connectivity index (χ3v) is 4.36. The van der Waals surface area contributed by atoms with Gasteiger partial charge in [0.05, 0.1) is 12.3 Å². The van der Waals surface area contributed by atoms with Gasteiger partial charge in [-0.15, -0.1) is 0 Å². The van der Waals surface area contributed by atoms with Crippen molar-refractivity contribution in [3.05, 3.63) is 59.5 Å². The second-order valence-electron chi connectivity index (χ2n) is 5.81. The lowest BCUT2D eigenvalue weighted by Crippen LogP contribution is -2.44. The van der Waals surface area contributed by atoms with Crippen LogP contribution in [0.4, 0.5) is 0 Å². The number of likely N-dealkylation sites (N-methyl/N-ethyl adjacent to an activating group) is 1. The van der Waals surface area contributed by atoms with Crippen LogP contribution in [-0.4, -0.2) is 36.9 Å².